The van der Waals surface area contributed by atoms with Gasteiger partial charge in [-0.15, -0.1) is 0 Å². The van der Waals surface area contributed by atoms with Crippen LogP contribution in [0.3, 0.4) is 0 Å². The van der Waals surface area contributed by atoms with Crippen molar-refractivity contribution < 1.29 is 9.52 Å². The average molecular weight is 360 g/mol. The largest absolute Gasteiger partial charge is 0.618 e. The number of amides is 1. The molecule has 0 atom stereocenters. The maximum atomic E-state index is 12.5. The average Bonchev–Trinajstić information content (AvgIpc) is 2.66. The molecule has 138 valence electrons. The maximum absolute atomic E-state index is 12.5. The standard InChI is InChI=1S/C23H24N2O2/c1-23(2,3)20-12-10-17(11-13-20)18-7-6-8-19(15-18)22(26)24-16-21-9-4-5-14-25(21)27/h4-15H,16H2,1-3H3,(H,24,26). The van der Waals surface area contributed by atoms with E-state index in [1.165, 1.54) is 11.8 Å². The van der Waals surface area contributed by atoms with Crippen LogP contribution in [0.1, 0.15) is 42.4 Å². The summed E-state index contributed by atoms with van der Waals surface area (Å²) in [7, 11) is 0. The molecule has 0 unspecified atom stereocenters. The number of nitrogens with one attached hydrogen (secondary N) is 1. The Morgan fingerprint density at radius 1 is 0.963 bits per heavy atom. The van der Waals surface area contributed by atoms with E-state index in [1.54, 1.807) is 24.3 Å². The third kappa shape index (κ3) is 4.53. The molecule has 0 spiro atoms. The number of pyridine rings is 1. The fourth-order valence-corrected chi connectivity index (χ4v) is 2.88. The van der Waals surface area contributed by atoms with E-state index < -0.39 is 0 Å². The van der Waals surface area contributed by atoms with Crippen molar-refractivity contribution in [1.82, 2.24) is 5.32 Å². The van der Waals surface area contributed by atoms with Crippen molar-refractivity contribution in [3.63, 3.8) is 0 Å². The summed E-state index contributed by atoms with van der Waals surface area (Å²) in [6.07, 6.45) is 1.42. The van der Waals surface area contributed by atoms with Crippen LogP contribution in [0.25, 0.3) is 11.1 Å². The summed E-state index contributed by atoms with van der Waals surface area (Å²) in [5.41, 5.74) is 4.50. The predicted octanol–water partition coefficient (Wildman–Crippen LogP) is 4.21. The Balaban J connectivity index is 1.75. The molecular weight excluding hydrogens is 336 g/mol. The molecule has 0 fully saturated rings. The second kappa shape index (κ2) is 7.62. The minimum Gasteiger partial charge on any atom is -0.618 e. The van der Waals surface area contributed by atoms with Gasteiger partial charge in [0.1, 0.15) is 6.54 Å². The summed E-state index contributed by atoms with van der Waals surface area (Å²) < 4.78 is 0.757. The number of benzene rings is 2. The second-order valence-electron chi connectivity index (χ2n) is 7.61. The molecule has 0 saturated carbocycles. The molecule has 1 amide bonds. The molecule has 2 aromatic carbocycles. The first kappa shape index (κ1) is 18.6. The summed E-state index contributed by atoms with van der Waals surface area (Å²) in [4.78, 5) is 12.5. The van der Waals surface area contributed by atoms with E-state index in [1.807, 2.05) is 18.2 Å². The summed E-state index contributed by atoms with van der Waals surface area (Å²) >= 11 is 0. The van der Waals surface area contributed by atoms with Crippen molar-refractivity contribution in [1.29, 1.82) is 0 Å². The highest BCUT2D eigenvalue weighted by atomic mass is 16.5. The molecule has 1 N–H and O–H groups in total. The molecule has 0 radical (unpaired) electrons. The molecular formula is C23H24N2O2. The van der Waals surface area contributed by atoms with Crippen molar-refractivity contribution in [2.45, 2.75) is 32.7 Å². The molecule has 0 aliphatic carbocycles. The lowest BCUT2D eigenvalue weighted by Crippen LogP contribution is -2.35. The number of carbonyl (C=O) groups is 1. The Morgan fingerprint density at radius 2 is 1.70 bits per heavy atom. The number of aromatic nitrogens is 1. The van der Waals surface area contributed by atoms with Crippen LogP contribution in [0.15, 0.2) is 72.9 Å². The van der Waals surface area contributed by atoms with Gasteiger partial charge in [0.15, 0.2) is 6.20 Å². The van der Waals surface area contributed by atoms with Crippen LogP contribution < -0.4 is 10.0 Å². The highest BCUT2D eigenvalue weighted by molar-refractivity contribution is 5.95. The zero-order valence-electron chi connectivity index (χ0n) is 15.9. The quantitative estimate of drug-likeness (QED) is 0.560. The Labute approximate surface area is 160 Å². The highest BCUT2D eigenvalue weighted by Crippen LogP contribution is 2.26. The van der Waals surface area contributed by atoms with Gasteiger partial charge in [-0.25, -0.2) is 0 Å². The van der Waals surface area contributed by atoms with E-state index in [-0.39, 0.29) is 17.9 Å². The van der Waals surface area contributed by atoms with Crippen LogP contribution in [-0.4, -0.2) is 5.91 Å². The van der Waals surface area contributed by atoms with Crippen molar-refractivity contribution in [2.24, 2.45) is 0 Å². The Kier molecular flexibility index (Phi) is 5.26. The van der Waals surface area contributed by atoms with Crippen molar-refractivity contribution in [3.05, 3.63) is 95.0 Å². The minimum absolute atomic E-state index is 0.107. The lowest BCUT2D eigenvalue weighted by atomic mass is 9.86. The summed E-state index contributed by atoms with van der Waals surface area (Å²) in [5.74, 6) is -0.202. The summed E-state index contributed by atoms with van der Waals surface area (Å²) in [6.45, 7) is 6.75. The van der Waals surface area contributed by atoms with Gasteiger partial charge in [-0.05, 0) is 40.3 Å². The molecule has 1 aromatic heterocycles. The molecule has 0 saturated heterocycles. The molecule has 27 heavy (non-hydrogen) atoms. The van der Waals surface area contributed by atoms with Gasteiger partial charge in [0.2, 0.25) is 5.69 Å². The lowest BCUT2D eigenvalue weighted by Gasteiger charge is -2.19. The van der Waals surface area contributed by atoms with Crippen LogP contribution in [0.2, 0.25) is 0 Å². The first-order valence-electron chi connectivity index (χ1n) is 9.01. The van der Waals surface area contributed by atoms with E-state index in [0.29, 0.717) is 11.3 Å². The third-order valence-electron chi connectivity index (χ3n) is 4.54. The monoisotopic (exact) mass is 360 g/mol. The van der Waals surface area contributed by atoms with Crippen molar-refractivity contribution in [3.8, 4) is 11.1 Å². The fourth-order valence-electron chi connectivity index (χ4n) is 2.88. The van der Waals surface area contributed by atoms with Gasteiger partial charge in [0.05, 0.1) is 0 Å². The van der Waals surface area contributed by atoms with E-state index in [0.717, 1.165) is 15.9 Å². The van der Waals surface area contributed by atoms with Crippen LogP contribution in [0, 0.1) is 5.21 Å². The van der Waals surface area contributed by atoms with Gasteiger partial charge in [-0.1, -0.05) is 57.2 Å². The van der Waals surface area contributed by atoms with Crippen LogP contribution >= 0.6 is 0 Å². The van der Waals surface area contributed by atoms with E-state index in [4.69, 9.17) is 0 Å². The van der Waals surface area contributed by atoms with Crippen molar-refractivity contribution >= 4 is 5.91 Å². The van der Waals surface area contributed by atoms with Gasteiger partial charge in [0, 0.05) is 17.7 Å². The second-order valence-corrected chi connectivity index (χ2v) is 7.61. The minimum atomic E-state index is -0.202. The fraction of sp³-hybridized carbons (Fsp3) is 0.217. The van der Waals surface area contributed by atoms with Crippen LogP contribution in [0.5, 0.6) is 0 Å². The SMILES string of the molecule is CC(C)(C)c1ccc(-c2cccc(C(=O)NCc3cccc[n+]3[O-])c2)cc1. The molecule has 3 aromatic rings. The predicted molar refractivity (Wildman–Crippen MR) is 107 cm³/mol. The normalized spacial score (nSPS) is 11.2. The van der Waals surface area contributed by atoms with E-state index in [9.17, 15) is 10.0 Å². The Hall–Kier alpha value is -3.14. The highest BCUT2D eigenvalue weighted by Gasteiger charge is 2.14. The Bertz CT molecular complexity index is 941. The molecule has 0 bridgehead atoms. The topological polar surface area (TPSA) is 56.0 Å². The van der Waals surface area contributed by atoms with Gasteiger partial charge < -0.3 is 10.5 Å². The number of hydrogen-bond donors (Lipinski definition) is 1. The molecule has 1 heterocycles. The van der Waals surface area contributed by atoms with Gasteiger partial charge in [-0.2, -0.15) is 4.73 Å². The summed E-state index contributed by atoms with van der Waals surface area (Å²) in [6, 6.07) is 21.1. The van der Waals surface area contributed by atoms with Gasteiger partial charge >= 0.3 is 0 Å². The zero-order chi connectivity index (χ0) is 19.4. The van der Waals surface area contributed by atoms with Crippen LogP contribution in [0.4, 0.5) is 0 Å². The maximum Gasteiger partial charge on any atom is 0.251 e. The smallest absolute Gasteiger partial charge is 0.251 e. The number of carbonyl (C=O) groups excluding carboxylic acids is 1. The lowest BCUT2D eigenvalue weighted by molar-refractivity contribution is -0.614. The Morgan fingerprint density at radius 3 is 2.37 bits per heavy atom. The van der Waals surface area contributed by atoms with Gasteiger partial charge in [0.25, 0.3) is 5.91 Å². The molecule has 4 heteroatoms. The third-order valence-corrected chi connectivity index (χ3v) is 4.54. The molecule has 3 rings (SSSR count). The number of rotatable bonds is 4. The van der Waals surface area contributed by atoms with Gasteiger partial charge in [-0.3, -0.25) is 4.79 Å². The first-order valence-corrected chi connectivity index (χ1v) is 9.01. The van der Waals surface area contributed by atoms with E-state index >= 15 is 0 Å². The molecule has 0 aliphatic rings. The van der Waals surface area contributed by atoms with E-state index in [2.05, 4.69) is 50.4 Å². The molecule has 0 aliphatic heterocycles. The van der Waals surface area contributed by atoms with Crippen LogP contribution in [-0.2, 0) is 12.0 Å². The zero-order valence-corrected chi connectivity index (χ0v) is 15.9. The van der Waals surface area contributed by atoms with Crippen molar-refractivity contribution in [2.75, 3.05) is 0 Å². The summed E-state index contributed by atoms with van der Waals surface area (Å²) in [5, 5.41) is 14.5. The number of hydrogen-bond acceptors (Lipinski definition) is 2. The molecule has 4 nitrogen and oxygen atoms in total. The first-order chi connectivity index (χ1) is 12.8. The number of nitrogens with zero attached hydrogens (tertiary/aromatic N) is 1.